The molecule has 0 saturated heterocycles. The molecule has 4 rings (SSSR count). The van der Waals surface area contributed by atoms with Crippen LogP contribution in [0.1, 0.15) is 21.5 Å². The van der Waals surface area contributed by atoms with Crippen LogP contribution >= 0.6 is 43.2 Å². The molecular weight excluding hydrogens is 596 g/mol. The van der Waals surface area contributed by atoms with Crippen LogP contribution in [0.5, 0.6) is 5.75 Å². The Kier molecular flexibility index (Phi) is 8.33. The van der Waals surface area contributed by atoms with E-state index >= 15 is 0 Å². The molecule has 0 saturated carbocycles. The molecule has 1 heterocycles. The topological polar surface area (TPSA) is 77.5 Å². The molecule has 0 unspecified atom stereocenters. The fourth-order valence-corrected chi connectivity index (χ4v) is 5.54. The van der Waals surface area contributed by atoms with Gasteiger partial charge in [0.1, 0.15) is 12.4 Å². The van der Waals surface area contributed by atoms with Crippen LogP contribution in [0.2, 0.25) is 0 Å². The number of thiazole rings is 1. The Morgan fingerprint density at radius 1 is 1.00 bits per heavy atom. The van der Waals surface area contributed by atoms with Crippen LogP contribution in [0.15, 0.2) is 81.1 Å². The zero-order chi connectivity index (χ0) is 24.8. The molecule has 0 bridgehead atoms. The number of carbonyl (C=O) groups is 2. The van der Waals surface area contributed by atoms with Gasteiger partial charge >= 0.3 is 5.97 Å². The lowest BCUT2D eigenvalue weighted by atomic mass is 10.1. The lowest BCUT2D eigenvalue weighted by Crippen LogP contribution is -2.20. The van der Waals surface area contributed by atoms with E-state index in [1.165, 1.54) is 11.3 Å². The summed E-state index contributed by atoms with van der Waals surface area (Å²) in [4.78, 5) is 28.9. The summed E-state index contributed by atoms with van der Waals surface area (Å²) in [6.45, 7) is 1.93. The predicted molar refractivity (Wildman–Crippen MR) is 144 cm³/mol. The van der Waals surface area contributed by atoms with E-state index in [1.54, 1.807) is 24.3 Å². The van der Waals surface area contributed by atoms with Crippen molar-refractivity contribution in [3.05, 3.63) is 97.7 Å². The number of hydrogen-bond donors (Lipinski definition) is 1. The highest BCUT2D eigenvalue weighted by molar-refractivity contribution is 9.11. The quantitative estimate of drug-likeness (QED) is 0.216. The summed E-state index contributed by atoms with van der Waals surface area (Å²) in [7, 11) is 0. The lowest BCUT2D eigenvalue weighted by Gasteiger charge is -2.11. The van der Waals surface area contributed by atoms with Gasteiger partial charge in [-0.25, -0.2) is 9.78 Å². The van der Waals surface area contributed by atoms with Crippen LogP contribution in [0.3, 0.4) is 0 Å². The number of hydrogen-bond acceptors (Lipinski definition) is 6. The van der Waals surface area contributed by atoms with Gasteiger partial charge in [0, 0.05) is 10.9 Å². The van der Waals surface area contributed by atoms with E-state index in [2.05, 4.69) is 42.2 Å². The third-order valence-corrected chi connectivity index (χ3v) is 6.81. The second kappa shape index (κ2) is 11.6. The molecule has 178 valence electrons. The molecule has 4 aromatic rings. The van der Waals surface area contributed by atoms with Crippen LogP contribution < -0.4 is 10.1 Å². The molecule has 0 aliphatic heterocycles. The summed E-state index contributed by atoms with van der Waals surface area (Å²) in [5.41, 5.74) is 4.07. The number of benzene rings is 3. The maximum atomic E-state index is 12.3. The minimum atomic E-state index is -0.583. The maximum Gasteiger partial charge on any atom is 0.338 e. The predicted octanol–water partition coefficient (Wildman–Crippen LogP) is 7.02. The number of halogens is 2. The Labute approximate surface area is 223 Å². The van der Waals surface area contributed by atoms with E-state index in [1.807, 2.05) is 54.8 Å². The molecular formula is C26H20Br2N2O4S. The molecule has 9 heteroatoms. The van der Waals surface area contributed by atoms with Crippen LogP contribution in [0.25, 0.3) is 11.3 Å². The van der Waals surface area contributed by atoms with E-state index in [0.717, 1.165) is 31.3 Å². The Hall–Kier alpha value is -3.01. The second-order valence-corrected chi connectivity index (χ2v) is 10.1. The molecule has 1 aromatic heterocycles. The first-order chi connectivity index (χ1) is 16.9. The minimum Gasteiger partial charge on any atom is -0.487 e. The SMILES string of the molecule is Cc1cc(Br)c(OCc2ccc(C(=O)OCC(=O)Nc3nc(-c4ccccc4)cs3)cc2)c(Br)c1. The fraction of sp³-hybridized carbons (Fsp3) is 0.115. The molecule has 0 spiro atoms. The van der Waals surface area contributed by atoms with Crippen molar-refractivity contribution in [2.75, 3.05) is 11.9 Å². The summed E-state index contributed by atoms with van der Waals surface area (Å²) in [6, 6.07) is 20.5. The van der Waals surface area contributed by atoms with Crippen LogP contribution in [0.4, 0.5) is 5.13 Å². The summed E-state index contributed by atoms with van der Waals surface area (Å²) in [5, 5.41) is 4.96. The van der Waals surface area contributed by atoms with Crippen molar-refractivity contribution in [2.24, 2.45) is 0 Å². The molecule has 0 fully saturated rings. The third-order valence-electron chi connectivity index (χ3n) is 4.87. The standard InChI is InChI=1S/C26H20Br2N2O4S/c1-16-11-20(27)24(21(28)12-16)33-13-17-7-9-19(10-8-17)25(32)34-14-23(31)30-26-29-22(15-35-26)18-5-3-2-4-6-18/h2-12,15H,13-14H2,1H3,(H,29,30,31). The molecule has 3 aromatic carbocycles. The molecule has 0 radical (unpaired) electrons. The highest BCUT2D eigenvalue weighted by Crippen LogP contribution is 2.35. The van der Waals surface area contributed by atoms with Crippen molar-refractivity contribution in [2.45, 2.75) is 13.5 Å². The van der Waals surface area contributed by atoms with Gasteiger partial charge in [-0.1, -0.05) is 42.5 Å². The summed E-state index contributed by atoms with van der Waals surface area (Å²) in [6.07, 6.45) is 0. The Bertz CT molecular complexity index is 1320. The van der Waals surface area contributed by atoms with Crippen LogP contribution in [0, 0.1) is 6.92 Å². The average Bonchev–Trinajstić information content (AvgIpc) is 3.31. The van der Waals surface area contributed by atoms with Gasteiger partial charge in [0.2, 0.25) is 0 Å². The largest absolute Gasteiger partial charge is 0.487 e. The van der Waals surface area contributed by atoms with Crippen molar-refractivity contribution < 1.29 is 19.1 Å². The Morgan fingerprint density at radius 3 is 2.37 bits per heavy atom. The number of rotatable bonds is 8. The summed E-state index contributed by atoms with van der Waals surface area (Å²) < 4.78 is 12.8. The number of aromatic nitrogens is 1. The minimum absolute atomic E-state index is 0.330. The Balaban J connectivity index is 1.26. The van der Waals surface area contributed by atoms with E-state index in [-0.39, 0.29) is 0 Å². The Morgan fingerprint density at radius 2 is 1.69 bits per heavy atom. The van der Waals surface area contributed by atoms with E-state index in [4.69, 9.17) is 9.47 Å². The average molecular weight is 616 g/mol. The third kappa shape index (κ3) is 6.78. The van der Waals surface area contributed by atoms with Crippen molar-refractivity contribution in [1.29, 1.82) is 0 Å². The molecule has 6 nitrogen and oxygen atoms in total. The first kappa shape index (κ1) is 25.1. The van der Waals surface area contributed by atoms with Crippen molar-refractivity contribution in [1.82, 2.24) is 4.98 Å². The normalized spacial score (nSPS) is 10.6. The van der Waals surface area contributed by atoms with E-state index in [9.17, 15) is 9.59 Å². The molecule has 0 aliphatic carbocycles. The lowest BCUT2D eigenvalue weighted by molar-refractivity contribution is -0.119. The zero-order valence-electron chi connectivity index (χ0n) is 18.6. The number of nitrogens with zero attached hydrogens (tertiary/aromatic N) is 1. The monoisotopic (exact) mass is 614 g/mol. The molecule has 0 atom stereocenters. The highest BCUT2D eigenvalue weighted by atomic mass is 79.9. The first-order valence-electron chi connectivity index (χ1n) is 10.5. The molecule has 1 N–H and O–H groups in total. The van der Waals surface area contributed by atoms with E-state index in [0.29, 0.717) is 23.1 Å². The fourth-order valence-electron chi connectivity index (χ4n) is 3.16. The van der Waals surface area contributed by atoms with Crippen LogP contribution in [-0.4, -0.2) is 23.5 Å². The maximum absolute atomic E-state index is 12.3. The number of ether oxygens (including phenoxy) is 2. The van der Waals surface area contributed by atoms with Gasteiger partial charge in [-0.2, -0.15) is 0 Å². The number of amides is 1. The van der Waals surface area contributed by atoms with Gasteiger partial charge in [-0.05, 0) is 74.2 Å². The van der Waals surface area contributed by atoms with Crippen LogP contribution in [-0.2, 0) is 16.1 Å². The van der Waals surface area contributed by atoms with Gasteiger partial charge in [0.25, 0.3) is 5.91 Å². The highest BCUT2D eigenvalue weighted by Gasteiger charge is 2.13. The van der Waals surface area contributed by atoms with Gasteiger partial charge in [0.05, 0.1) is 20.2 Å². The number of aryl methyl sites for hydroxylation is 1. The van der Waals surface area contributed by atoms with Gasteiger partial charge in [0.15, 0.2) is 11.7 Å². The summed E-state index contributed by atoms with van der Waals surface area (Å²) in [5.74, 6) is -0.325. The summed E-state index contributed by atoms with van der Waals surface area (Å²) >= 11 is 8.33. The number of nitrogens with one attached hydrogen (secondary N) is 1. The van der Waals surface area contributed by atoms with Gasteiger partial charge in [-0.15, -0.1) is 11.3 Å². The number of esters is 1. The zero-order valence-corrected chi connectivity index (χ0v) is 22.6. The smallest absolute Gasteiger partial charge is 0.338 e. The number of anilines is 1. The molecule has 0 aliphatic rings. The molecule has 1 amide bonds. The molecule has 35 heavy (non-hydrogen) atoms. The van der Waals surface area contributed by atoms with Crippen molar-refractivity contribution >= 4 is 60.2 Å². The van der Waals surface area contributed by atoms with Gasteiger partial charge < -0.3 is 9.47 Å². The van der Waals surface area contributed by atoms with E-state index < -0.39 is 18.5 Å². The second-order valence-electron chi connectivity index (χ2n) is 7.57. The van der Waals surface area contributed by atoms with Crippen molar-refractivity contribution in [3.8, 4) is 17.0 Å². The van der Waals surface area contributed by atoms with Gasteiger partial charge in [-0.3, -0.25) is 10.1 Å². The first-order valence-corrected chi connectivity index (χ1v) is 13.0. The number of carbonyl (C=O) groups excluding carboxylic acids is 2. The van der Waals surface area contributed by atoms with Crippen molar-refractivity contribution in [3.63, 3.8) is 0 Å².